The van der Waals surface area contributed by atoms with Gasteiger partial charge < -0.3 is 5.48 Å². The van der Waals surface area contributed by atoms with Crippen molar-refractivity contribution >= 4 is 25.9 Å². The first-order chi connectivity index (χ1) is 8.24. The standard InChI is InChI=1S/C8H8N2O6S2.H2O/c9-10-7-1-3-8(4-2-7)17(11,12)6-5-16-18(13,14)15;/h1-4H,5-6H2;1H2. The van der Waals surface area contributed by atoms with Crippen LogP contribution in [-0.4, -0.2) is 39.2 Å². The van der Waals surface area contributed by atoms with Crippen LogP contribution in [0.2, 0.25) is 0 Å². The van der Waals surface area contributed by atoms with Crippen LogP contribution in [0.4, 0.5) is 5.69 Å². The largest absolute Gasteiger partial charge is 0.870 e. The van der Waals surface area contributed by atoms with E-state index in [4.69, 9.17) is 9.95 Å². The molecule has 0 radical (unpaired) electrons. The Kier molecular flexibility index (Phi) is 6.00. The van der Waals surface area contributed by atoms with Gasteiger partial charge >= 0.3 is 16.1 Å². The van der Waals surface area contributed by atoms with Crippen LogP contribution in [0.25, 0.3) is 4.98 Å². The van der Waals surface area contributed by atoms with Crippen LogP contribution in [0, 0.1) is 5.39 Å². The second-order valence-electron chi connectivity index (χ2n) is 3.16. The van der Waals surface area contributed by atoms with Gasteiger partial charge in [0.1, 0.15) is 0 Å². The number of nitrogens with zero attached hydrogens (tertiary/aromatic N) is 2. The zero-order valence-electron chi connectivity index (χ0n) is 9.37. The Morgan fingerprint density at radius 3 is 2.11 bits per heavy atom. The maximum atomic E-state index is 11.7. The molecule has 0 bridgehead atoms. The number of hydrogen-bond acceptors (Lipinski definition) is 7. The van der Waals surface area contributed by atoms with Gasteiger partial charge in [-0.05, 0) is 12.1 Å². The molecule has 106 valence electrons. The molecule has 0 aliphatic carbocycles. The molecule has 1 aromatic rings. The maximum Gasteiger partial charge on any atom is 0.397 e. The Balaban J connectivity index is 0.00000324. The molecule has 19 heavy (non-hydrogen) atoms. The van der Waals surface area contributed by atoms with E-state index in [0.29, 0.717) is 0 Å². The molecule has 0 fully saturated rings. The molecule has 0 aliphatic heterocycles. The Hall–Kier alpha value is -1.58. The van der Waals surface area contributed by atoms with Gasteiger partial charge in [0.25, 0.3) is 0 Å². The minimum absolute atomic E-state index is 0. The van der Waals surface area contributed by atoms with Crippen molar-refractivity contribution in [3.63, 3.8) is 0 Å². The monoisotopic (exact) mass is 310 g/mol. The van der Waals surface area contributed by atoms with Crippen molar-refractivity contribution in [2.45, 2.75) is 4.90 Å². The zero-order valence-corrected chi connectivity index (χ0v) is 11.0. The second-order valence-corrected chi connectivity index (χ2v) is 6.36. The molecular weight excluding hydrogens is 300 g/mol. The minimum atomic E-state index is -4.65. The van der Waals surface area contributed by atoms with Gasteiger partial charge in [-0.2, -0.15) is 8.42 Å². The molecule has 0 atom stereocenters. The van der Waals surface area contributed by atoms with Crippen LogP contribution in [0.5, 0.6) is 0 Å². The molecule has 9 nitrogen and oxygen atoms in total. The fraction of sp³-hybridized carbons (Fsp3) is 0.250. The molecular formula is C8H10N2O7S2. The molecule has 0 unspecified atom stereocenters. The fourth-order valence-corrected chi connectivity index (χ4v) is 2.58. The predicted octanol–water partition coefficient (Wildman–Crippen LogP) is 0.587. The summed E-state index contributed by atoms with van der Waals surface area (Å²) >= 11 is 0. The van der Waals surface area contributed by atoms with Crippen LogP contribution < -0.4 is 0 Å². The number of benzene rings is 1. The van der Waals surface area contributed by atoms with Crippen molar-refractivity contribution in [1.82, 2.24) is 0 Å². The highest BCUT2D eigenvalue weighted by molar-refractivity contribution is 7.91. The Morgan fingerprint density at radius 1 is 1.16 bits per heavy atom. The first-order valence-electron chi connectivity index (χ1n) is 4.54. The third-order valence-corrected chi connectivity index (χ3v) is 4.05. The average Bonchev–Trinajstić information content (AvgIpc) is 2.27. The van der Waals surface area contributed by atoms with E-state index < -0.39 is 32.6 Å². The topological polar surface area (TPSA) is 156 Å². The van der Waals surface area contributed by atoms with E-state index in [-0.39, 0.29) is 16.1 Å². The van der Waals surface area contributed by atoms with Crippen molar-refractivity contribution in [2.24, 2.45) is 0 Å². The summed E-state index contributed by atoms with van der Waals surface area (Å²) < 4.78 is 56.0. The quantitative estimate of drug-likeness (QED) is 0.611. The van der Waals surface area contributed by atoms with E-state index in [9.17, 15) is 16.8 Å². The number of diazo groups is 1. The predicted molar refractivity (Wildman–Crippen MR) is 62.7 cm³/mol. The van der Waals surface area contributed by atoms with E-state index in [1.807, 2.05) is 0 Å². The average molecular weight is 310 g/mol. The summed E-state index contributed by atoms with van der Waals surface area (Å²) in [5, 5.41) is 8.42. The summed E-state index contributed by atoms with van der Waals surface area (Å²) in [5.41, 5.74) is 0.183. The van der Waals surface area contributed by atoms with Crippen LogP contribution in [0.3, 0.4) is 0 Å². The molecule has 0 saturated heterocycles. The maximum absolute atomic E-state index is 11.7. The lowest BCUT2D eigenvalue weighted by Gasteiger charge is -2.02. The number of hydrogen-bond donors (Lipinski definition) is 1. The van der Waals surface area contributed by atoms with Crippen LogP contribution in [0.15, 0.2) is 29.2 Å². The van der Waals surface area contributed by atoms with E-state index in [1.54, 1.807) is 0 Å². The summed E-state index contributed by atoms with van der Waals surface area (Å²) in [4.78, 5) is 2.78. The lowest BCUT2D eigenvalue weighted by atomic mass is 10.3. The van der Waals surface area contributed by atoms with Crippen molar-refractivity contribution in [2.75, 3.05) is 12.4 Å². The van der Waals surface area contributed by atoms with Gasteiger partial charge in [0.05, 0.1) is 17.3 Å². The van der Waals surface area contributed by atoms with Gasteiger partial charge in [0.15, 0.2) is 14.8 Å². The molecule has 0 saturated carbocycles. The lowest BCUT2D eigenvalue weighted by molar-refractivity contribution is 0.284. The molecule has 0 amide bonds. The molecule has 0 spiro atoms. The summed E-state index contributed by atoms with van der Waals surface area (Å²) in [5.74, 6) is -0.609. The summed E-state index contributed by atoms with van der Waals surface area (Å²) in [6, 6.07) is 4.96. The van der Waals surface area contributed by atoms with Gasteiger partial charge in [0.2, 0.25) is 5.39 Å². The normalized spacial score (nSPS) is 11.4. The van der Waals surface area contributed by atoms with Crippen molar-refractivity contribution < 1.29 is 31.0 Å². The van der Waals surface area contributed by atoms with Crippen LogP contribution in [-0.2, 0) is 24.4 Å². The van der Waals surface area contributed by atoms with E-state index in [2.05, 4.69) is 9.16 Å². The number of sulfone groups is 1. The second kappa shape index (κ2) is 6.55. The summed E-state index contributed by atoms with van der Waals surface area (Å²) in [6.45, 7) is -0.687. The molecule has 0 heterocycles. The van der Waals surface area contributed by atoms with E-state index in [0.717, 1.165) is 0 Å². The summed E-state index contributed by atoms with van der Waals surface area (Å²) in [7, 11) is -8.38. The zero-order chi connectivity index (χ0) is 13.8. The SMILES string of the molecule is N#[N+]c1ccc(S(=O)(=O)CCOS(=O)(=O)O)cc1.[OH-]. The van der Waals surface area contributed by atoms with Gasteiger partial charge in [-0.25, -0.2) is 12.6 Å². The first-order valence-corrected chi connectivity index (χ1v) is 7.56. The molecule has 11 heteroatoms. The third kappa shape index (κ3) is 5.73. The van der Waals surface area contributed by atoms with Gasteiger partial charge in [-0.1, -0.05) is 0 Å². The number of rotatable bonds is 5. The van der Waals surface area contributed by atoms with Gasteiger partial charge in [0, 0.05) is 12.1 Å². The highest BCUT2D eigenvalue weighted by atomic mass is 32.3. The van der Waals surface area contributed by atoms with Crippen molar-refractivity contribution in [3.8, 4) is 0 Å². The lowest BCUT2D eigenvalue weighted by Crippen LogP contribution is -2.15. The van der Waals surface area contributed by atoms with E-state index in [1.165, 1.54) is 24.3 Å². The van der Waals surface area contributed by atoms with Crippen molar-refractivity contribution in [1.29, 1.82) is 5.39 Å². The minimum Gasteiger partial charge on any atom is -0.870 e. The van der Waals surface area contributed by atoms with Crippen molar-refractivity contribution in [3.05, 3.63) is 29.2 Å². The van der Waals surface area contributed by atoms with Crippen LogP contribution >= 0.6 is 0 Å². The van der Waals surface area contributed by atoms with Gasteiger partial charge in [-0.3, -0.25) is 4.55 Å². The molecule has 0 aliphatic rings. The molecule has 1 aromatic carbocycles. The fourth-order valence-electron chi connectivity index (χ4n) is 1.09. The Labute approximate surface area is 109 Å². The van der Waals surface area contributed by atoms with E-state index >= 15 is 0 Å². The highest BCUT2D eigenvalue weighted by Crippen LogP contribution is 2.17. The smallest absolute Gasteiger partial charge is 0.397 e. The summed E-state index contributed by atoms with van der Waals surface area (Å²) in [6.07, 6.45) is 0. The third-order valence-electron chi connectivity index (χ3n) is 1.90. The molecule has 0 aromatic heterocycles. The molecule has 2 N–H and O–H groups in total. The van der Waals surface area contributed by atoms with Crippen LogP contribution in [0.1, 0.15) is 0 Å². The Bertz CT molecular complexity index is 658. The molecule has 1 rings (SSSR count). The first kappa shape index (κ1) is 17.4. The van der Waals surface area contributed by atoms with Gasteiger partial charge in [-0.15, -0.1) is 0 Å². The Morgan fingerprint density at radius 2 is 1.68 bits per heavy atom. The highest BCUT2D eigenvalue weighted by Gasteiger charge is 2.17.